The zero-order chi connectivity index (χ0) is 25.4. The van der Waals surface area contributed by atoms with Crippen LogP contribution in [0.4, 0.5) is 8.78 Å². The number of benzene rings is 2. The maximum absolute atomic E-state index is 14.2. The van der Waals surface area contributed by atoms with E-state index in [2.05, 4.69) is 61.3 Å². The smallest absolute Gasteiger partial charge is 0.169 e. The normalized spacial score (nSPS) is 15.0. The molecule has 1 saturated heterocycles. The van der Waals surface area contributed by atoms with Crippen LogP contribution in [0.3, 0.4) is 0 Å². The zero-order valence-electron chi connectivity index (χ0n) is 20.3. The highest BCUT2D eigenvalue weighted by atomic mass is 19.2. The van der Waals surface area contributed by atoms with Gasteiger partial charge in [0, 0.05) is 44.4 Å². The van der Waals surface area contributed by atoms with Crippen LogP contribution in [-0.2, 0) is 13.1 Å². The molecule has 8 nitrogen and oxygen atoms in total. The van der Waals surface area contributed by atoms with Gasteiger partial charge in [-0.15, -0.1) is 0 Å². The first-order valence-corrected chi connectivity index (χ1v) is 12.1. The third-order valence-electron chi connectivity index (χ3n) is 6.64. The van der Waals surface area contributed by atoms with Gasteiger partial charge < -0.3 is 9.42 Å². The van der Waals surface area contributed by atoms with Crippen LogP contribution >= 0.6 is 0 Å². The maximum Gasteiger partial charge on any atom is 0.169 e. The van der Waals surface area contributed by atoms with Crippen molar-refractivity contribution in [2.45, 2.75) is 13.1 Å². The van der Waals surface area contributed by atoms with Crippen molar-refractivity contribution >= 4 is 0 Å². The first kappa shape index (κ1) is 23.4. The lowest BCUT2D eigenvalue weighted by Crippen LogP contribution is -2.43. The van der Waals surface area contributed by atoms with Gasteiger partial charge in [0.1, 0.15) is 23.6 Å². The van der Waals surface area contributed by atoms with E-state index in [0.29, 0.717) is 23.7 Å². The van der Waals surface area contributed by atoms with Gasteiger partial charge in [0.2, 0.25) is 0 Å². The minimum atomic E-state index is -0.972. The van der Waals surface area contributed by atoms with Gasteiger partial charge in [-0.05, 0) is 24.7 Å². The zero-order valence-corrected chi connectivity index (χ0v) is 20.3. The van der Waals surface area contributed by atoms with Crippen molar-refractivity contribution in [3.8, 4) is 34.0 Å². The molecule has 3 aliphatic heterocycles. The number of halogens is 2. The molecule has 0 radical (unpaired) electrons. The van der Waals surface area contributed by atoms with Crippen molar-refractivity contribution in [2.24, 2.45) is 0 Å². The second-order valence-corrected chi connectivity index (χ2v) is 9.35. The molecule has 4 heterocycles. The first-order valence-electron chi connectivity index (χ1n) is 12.1. The lowest BCUT2D eigenvalue weighted by Gasteiger charge is -2.32. The third-order valence-corrected chi connectivity index (χ3v) is 6.64. The molecular formula is C27H25F2N7O. The Hall–Kier alpha value is -4.02. The number of fused-ring (bicyclic) bond motifs is 1. The predicted molar refractivity (Wildman–Crippen MR) is 134 cm³/mol. The highest BCUT2D eigenvalue weighted by Crippen LogP contribution is 2.27. The molecule has 0 unspecified atom stereocenters. The van der Waals surface area contributed by atoms with Crippen LogP contribution in [0, 0.1) is 11.6 Å². The van der Waals surface area contributed by atoms with Gasteiger partial charge in [-0.1, -0.05) is 35.5 Å². The van der Waals surface area contributed by atoms with Gasteiger partial charge in [0.15, 0.2) is 23.2 Å². The van der Waals surface area contributed by atoms with Crippen LogP contribution in [0.2, 0.25) is 0 Å². The minimum absolute atomic E-state index is 0.0113. The Labute approximate surface area is 212 Å². The van der Waals surface area contributed by atoms with Crippen LogP contribution in [0.15, 0.2) is 65.4 Å². The number of imidazole rings is 1. The highest BCUT2D eigenvalue weighted by molar-refractivity contribution is 5.65. The summed E-state index contributed by atoms with van der Waals surface area (Å²) < 4.78 is 35.0. The second-order valence-electron chi connectivity index (χ2n) is 9.35. The van der Waals surface area contributed by atoms with Gasteiger partial charge in [0.05, 0.1) is 18.0 Å². The summed E-state index contributed by atoms with van der Waals surface area (Å²) in [5.41, 5.74) is 4.03. The quantitative estimate of drug-likeness (QED) is 0.346. The van der Waals surface area contributed by atoms with Crippen LogP contribution in [0.25, 0.3) is 34.0 Å². The van der Waals surface area contributed by atoms with Crippen molar-refractivity contribution in [3.05, 3.63) is 83.9 Å². The molecule has 6 rings (SSSR count). The summed E-state index contributed by atoms with van der Waals surface area (Å²) >= 11 is 0. The van der Waals surface area contributed by atoms with E-state index in [9.17, 15) is 8.78 Å². The third kappa shape index (κ3) is 4.98. The number of hydrogen-bond donors (Lipinski definition) is 0. The molecule has 37 heavy (non-hydrogen) atoms. The average Bonchev–Trinajstić information content (AvgIpc) is 3.54. The van der Waals surface area contributed by atoms with E-state index in [0.717, 1.165) is 50.0 Å². The monoisotopic (exact) mass is 501 g/mol. The van der Waals surface area contributed by atoms with Crippen LogP contribution in [0.5, 0.6) is 0 Å². The molecule has 0 amide bonds. The molecule has 3 aliphatic rings. The van der Waals surface area contributed by atoms with Gasteiger partial charge >= 0.3 is 0 Å². The van der Waals surface area contributed by atoms with E-state index >= 15 is 0 Å². The fourth-order valence-corrected chi connectivity index (χ4v) is 4.47. The Morgan fingerprint density at radius 2 is 1.68 bits per heavy atom. The van der Waals surface area contributed by atoms with Crippen molar-refractivity contribution in [1.29, 1.82) is 0 Å². The van der Waals surface area contributed by atoms with Gasteiger partial charge in [0.25, 0.3) is 0 Å². The molecule has 0 atom stereocenters. The largest absolute Gasteiger partial charge is 0.359 e. The molecule has 0 spiro atoms. The van der Waals surface area contributed by atoms with E-state index in [-0.39, 0.29) is 11.4 Å². The van der Waals surface area contributed by atoms with Crippen molar-refractivity contribution in [1.82, 2.24) is 34.7 Å². The van der Waals surface area contributed by atoms with Crippen molar-refractivity contribution < 1.29 is 13.3 Å². The Morgan fingerprint density at radius 3 is 2.49 bits per heavy atom. The number of aromatic nitrogens is 5. The Kier molecular flexibility index (Phi) is 6.19. The van der Waals surface area contributed by atoms with E-state index in [1.54, 1.807) is 17.1 Å². The van der Waals surface area contributed by atoms with E-state index < -0.39 is 11.6 Å². The lowest BCUT2D eigenvalue weighted by atomic mass is 10.1. The predicted octanol–water partition coefficient (Wildman–Crippen LogP) is 4.17. The summed E-state index contributed by atoms with van der Waals surface area (Å²) in [7, 11) is 2.16. The lowest BCUT2D eigenvalue weighted by molar-refractivity contribution is 0.148. The Bertz CT molecular complexity index is 1490. The average molecular weight is 502 g/mol. The Morgan fingerprint density at radius 1 is 0.892 bits per heavy atom. The molecule has 10 heteroatoms. The van der Waals surface area contributed by atoms with E-state index in [1.807, 2.05) is 6.07 Å². The molecule has 0 aliphatic carbocycles. The topological polar surface area (TPSA) is 76.1 Å². The molecule has 0 saturated carbocycles. The molecule has 188 valence electrons. The Balaban J connectivity index is 1.14. The van der Waals surface area contributed by atoms with E-state index in [4.69, 9.17) is 4.52 Å². The number of hydrogen-bond acceptors (Lipinski definition) is 7. The molecule has 2 aromatic carbocycles. The maximum atomic E-state index is 14.2. The number of rotatable bonds is 6. The van der Waals surface area contributed by atoms with Crippen molar-refractivity contribution in [3.63, 3.8) is 0 Å². The fraction of sp³-hybridized carbons (Fsp3) is 0.259. The van der Waals surface area contributed by atoms with Gasteiger partial charge in [-0.2, -0.15) is 5.10 Å². The number of likely N-dealkylation sites (N-methyl/N-ethyl adjacent to an activating group) is 1. The summed E-state index contributed by atoms with van der Waals surface area (Å²) in [6.07, 6.45) is 3.23. The summed E-state index contributed by atoms with van der Waals surface area (Å²) in [6.45, 7) is 5.65. The van der Waals surface area contributed by atoms with Crippen molar-refractivity contribution in [2.75, 3.05) is 33.2 Å². The standard InChI is InChI=1S/C27H25F2N7O/c1-34-9-11-35(12-10-34)15-18-5-7-19(8-6-18)23-13-20(37-33-23)16-36-17-25-24(14-30-36)31-27(32-25)21-3-2-4-22(28)26(21)29/h2-8,13-14,17H,9-12,15-16H2,1H3. The van der Waals surface area contributed by atoms with E-state index in [1.165, 1.54) is 17.7 Å². The number of nitrogens with zero attached hydrogens (tertiary/aromatic N) is 7. The molecule has 3 aromatic rings. The molecule has 0 bridgehead atoms. The van der Waals surface area contributed by atoms with Crippen LogP contribution in [-0.4, -0.2) is 67.9 Å². The molecule has 1 fully saturated rings. The SMILES string of the molecule is CN1CCN(Cc2ccc(-c3cc(Cn4cc5nc(-c6cccc(F)c6F)nc-5cn4)on3)cc2)CC1. The molecule has 0 N–H and O–H groups in total. The highest BCUT2D eigenvalue weighted by Gasteiger charge is 2.19. The van der Waals surface area contributed by atoms with Gasteiger partial charge in [-0.3, -0.25) is 9.58 Å². The summed E-state index contributed by atoms with van der Waals surface area (Å²) in [5, 5.41) is 8.58. The van der Waals surface area contributed by atoms with Crippen LogP contribution < -0.4 is 0 Å². The second kappa shape index (κ2) is 9.79. The number of piperazine rings is 1. The molecule has 1 aromatic heterocycles. The van der Waals surface area contributed by atoms with Gasteiger partial charge in [-0.25, -0.2) is 18.7 Å². The van der Waals surface area contributed by atoms with Crippen LogP contribution in [0.1, 0.15) is 11.3 Å². The fourth-order valence-electron chi connectivity index (χ4n) is 4.47. The minimum Gasteiger partial charge on any atom is -0.359 e. The summed E-state index contributed by atoms with van der Waals surface area (Å²) in [6, 6.07) is 14.2. The first-order chi connectivity index (χ1) is 18.0. The summed E-state index contributed by atoms with van der Waals surface area (Å²) in [5.74, 6) is -1.17. The summed E-state index contributed by atoms with van der Waals surface area (Å²) in [4.78, 5) is 13.5. The molecular weight excluding hydrogens is 476 g/mol.